The summed E-state index contributed by atoms with van der Waals surface area (Å²) < 4.78 is 5.32. The monoisotopic (exact) mass is 319 g/mol. The number of nitrogens with one attached hydrogen (secondary N) is 2. The highest BCUT2D eigenvalue weighted by Gasteiger charge is 2.38. The van der Waals surface area contributed by atoms with Crippen LogP contribution in [0.1, 0.15) is 28.8 Å². The summed E-state index contributed by atoms with van der Waals surface area (Å²) in [5, 5.41) is 5.58. The molecular weight excluding hydrogens is 294 g/mol. The number of ether oxygens (including phenoxy) is 1. The molecule has 0 bridgehead atoms. The van der Waals surface area contributed by atoms with Crippen molar-refractivity contribution < 1.29 is 14.3 Å². The summed E-state index contributed by atoms with van der Waals surface area (Å²) >= 11 is 0. The molecule has 0 saturated carbocycles. The largest absolute Gasteiger partial charge is 0.381 e. The second-order valence-corrected chi connectivity index (χ2v) is 5.88. The molecule has 1 aliphatic heterocycles. The van der Waals surface area contributed by atoms with Gasteiger partial charge in [-0.25, -0.2) is 0 Å². The number of nitrogens with two attached hydrogens (primary N) is 1. The minimum absolute atomic E-state index is 0.00533. The Kier molecular flexibility index (Phi) is 6.12. The van der Waals surface area contributed by atoms with Gasteiger partial charge in [0.05, 0.1) is 5.41 Å². The standard InChI is InChI=1S/C17H25N3O3/c1-19-15(21)14-4-2-3-13(11-14)5-8-20-16(22)17(12-18)6-9-23-10-7-17/h2-4,11H,5-10,12,18H2,1H3,(H,19,21)(H,20,22). The molecule has 6 nitrogen and oxygen atoms in total. The molecule has 4 N–H and O–H groups in total. The van der Waals surface area contributed by atoms with E-state index in [1.165, 1.54) is 0 Å². The van der Waals surface area contributed by atoms with E-state index in [-0.39, 0.29) is 11.8 Å². The highest BCUT2D eigenvalue weighted by molar-refractivity contribution is 5.94. The molecule has 1 aliphatic rings. The summed E-state index contributed by atoms with van der Waals surface area (Å²) in [5.74, 6) is -0.106. The summed E-state index contributed by atoms with van der Waals surface area (Å²) in [6, 6.07) is 7.41. The Labute approximate surface area is 136 Å². The third-order valence-corrected chi connectivity index (χ3v) is 4.44. The minimum atomic E-state index is -0.498. The van der Waals surface area contributed by atoms with Crippen LogP contribution in [0.15, 0.2) is 24.3 Å². The molecule has 0 unspecified atom stereocenters. The van der Waals surface area contributed by atoms with E-state index in [9.17, 15) is 9.59 Å². The van der Waals surface area contributed by atoms with Crippen molar-refractivity contribution in [1.29, 1.82) is 0 Å². The van der Waals surface area contributed by atoms with E-state index < -0.39 is 5.41 Å². The Morgan fingerprint density at radius 3 is 2.70 bits per heavy atom. The molecule has 23 heavy (non-hydrogen) atoms. The van der Waals surface area contributed by atoms with E-state index in [1.54, 1.807) is 13.1 Å². The van der Waals surface area contributed by atoms with Gasteiger partial charge in [0.15, 0.2) is 0 Å². The lowest BCUT2D eigenvalue weighted by Crippen LogP contribution is -2.49. The van der Waals surface area contributed by atoms with E-state index in [4.69, 9.17) is 10.5 Å². The Bertz CT molecular complexity index is 554. The molecule has 1 aromatic carbocycles. The van der Waals surface area contributed by atoms with E-state index in [1.807, 2.05) is 18.2 Å². The fourth-order valence-electron chi connectivity index (χ4n) is 2.81. The summed E-state index contributed by atoms with van der Waals surface area (Å²) in [7, 11) is 1.61. The molecule has 1 aromatic rings. The van der Waals surface area contributed by atoms with Crippen molar-refractivity contribution in [2.24, 2.45) is 11.1 Å². The normalized spacial score (nSPS) is 16.6. The van der Waals surface area contributed by atoms with Crippen LogP contribution < -0.4 is 16.4 Å². The Morgan fingerprint density at radius 1 is 1.30 bits per heavy atom. The van der Waals surface area contributed by atoms with Crippen LogP contribution in [0.2, 0.25) is 0 Å². The maximum atomic E-state index is 12.5. The minimum Gasteiger partial charge on any atom is -0.381 e. The molecule has 0 radical (unpaired) electrons. The molecule has 0 aromatic heterocycles. The van der Waals surface area contributed by atoms with Gasteiger partial charge in [0, 0.05) is 38.9 Å². The molecule has 1 saturated heterocycles. The van der Waals surface area contributed by atoms with Gasteiger partial charge in [-0.2, -0.15) is 0 Å². The van der Waals surface area contributed by atoms with Crippen molar-refractivity contribution in [2.45, 2.75) is 19.3 Å². The SMILES string of the molecule is CNC(=O)c1cccc(CCNC(=O)C2(CN)CCOCC2)c1. The smallest absolute Gasteiger partial charge is 0.251 e. The molecule has 6 heteroatoms. The fraction of sp³-hybridized carbons (Fsp3) is 0.529. The average molecular weight is 319 g/mol. The van der Waals surface area contributed by atoms with Crippen LogP contribution in [-0.2, 0) is 16.0 Å². The first-order valence-corrected chi connectivity index (χ1v) is 7.98. The van der Waals surface area contributed by atoms with Gasteiger partial charge in [0.25, 0.3) is 5.91 Å². The van der Waals surface area contributed by atoms with Gasteiger partial charge in [0.1, 0.15) is 0 Å². The lowest BCUT2D eigenvalue weighted by molar-refractivity contribution is -0.135. The number of hydrogen-bond acceptors (Lipinski definition) is 4. The van der Waals surface area contributed by atoms with Crippen LogP contribution in [0, 0.1) is 5.41 Å². The third kappa shape index (κ3) is 4.30. The van der Waals surface area contributed by atoms with E-state index in [2.05, 4.69) is 10.6 Å². The second kappa shape index (κ2) is 8.08. The van der Waals surface area contributed by atoms with Gasteiger partial charge in [-0.15, -0.1) is 0 Å². The van der Waals surface area contributed by atoms with Crippen molar-refractivity contribution in [3.8, 4) is 0 Å². The second-order valence-electron chi connectivity index (χ2n) is 5.88. The summed E-state index contributed by atoms with van der Waals surface area (Å²) in [4.78, 5) is 24.1. The third-order valence-electron chi connectivity index (χ3n) is 4.44. The highest BCUT2D eigenvalue weighted by atomic mass is 16.5. The van der Waals surface area contributed by atoms with Gasteiger partial charge >= 0.3 is 0 Å². The Balaban J connectivity index is 1.89. The number of hydrogen-bond donors (Lipinski definition) is 3. The van der Waals surface area contributed by atoms with Crippen LogP contribution >= 0.6 is 0 Å². The Hall–Kier alpha value is -1.92. The number of carbonyl (C=O) groups is 2. The van der Waals surface area contributed by atoms with Gasteiger partial charge < -0.3 is 21.1 Å². The molecule has 1 fully saturated rings. The molecule has 2 rings (SSSR count). The Morgan fingerprint density at radius 2 is 2.04 bits per heavy atom. The van der Waals surface area contributed by atoms with Crippen LogP contribution in [0.5, 0.6) is 0 Å². The van der Waals surface area contributed by atoms with Crippen LogP contribution in [0.4, 0.5) is 0 Å². The predicted molar refractivity (Wildman–Crippen MR) is 88.1 cm³/mol. The maximum Gasteiger partial charge on any atom is 0.251 e. The average Bonchev–Trinajstić information content (AvgIpc) is 2.61. The number of rotatable bonds is 6. The molecule has 2 amide bonds. The van der Waals surface area contributed by atoms with Gasteiger partial charge in [-0.05, 0) is 37.0 Å². The molecule has 1 heterocycles. The van der Waals surface area contributed by atoms with E-state index in [0.717, 1.165) is 5.56 Å². The summed E-state index contributed by atoms with van der Waals surface area (Å²) in [6.45, 7) is 2.03. The van der Waals surface area contributed by atoms with Gasteiger partial charge in [0.2, 0.25) is 5.91 Å². The van der Waals surface area contributed by atoms with Gasteiger partial charge in [-0.1, -0.05) is 12.1 Å². The molecule has 126 valence electrons. The zero-order chi connectivity index (χ0) is 16.7. The summed E-state index contributed by atoms with van der Waals surface area (Å²) in [6.07, 6.45) is 2.01. The zero-order valence-corrected chi connectivity index (χ0v) is 13.6. The zero-order valence-electron chi connectivity index (χ0n) is 13.6. The predicted octanol–water partition coefficient (Wildman–Crippen LogP) is 0.460. The van der Waals surface area contributed by atoms with Crippen molar-refractivity contribution in [3.63, 3.8) is 0 Å². The number of amides is 2. The fourth-order valence-corrected chi connectivity index (χ4v) is 2.81. The molecule has 0 spiro atoms. The molecule has 0 atom stereocenters. The number of carbonyl (C=O) groups excluding carboxylic acids is 2. The van der Waals surface area contributed by atoms with Gasteiger partial charge in [-0.3, -0.25) is 9.59 Å². The summed E-state index contributed by atoms with van der Waals surface area (Å²) in [5.41, 5.74) is 6.97. The quantitative estimate of drug-likeness (QED) is 0.710. The van der Waals surface area contributed by atoms with Crippen molar-refractivity contribution >= 4 is 11.8 Å². The number of benzene rings is 1. The first kappa shape index (κ1) is 17.4. The van der Waals surface area contributed by atoms with Crippen LogP contribution in [0.3, 0.4) is 0 Å². The molecule has 0 aliphatic carbocycles. The van der Waals surface area contributed by atoms with Crippen molar-refractivity contribution in [1.82, 2.24) is 10.6 Å². The first-order valence-electron chi connectivity index (χ1n) is 7.98. The van der Waals surface area contributed by atoms with E-state index in [0.29, 0.717) is 51.1 Å². The lowest BCUT2D eigenvalue weighted by atomic mass is 9.79. The van der Waals surface area contributed by atoms with Crippen LogP contribution in [-0.4, -0.2) is 45.2 Å². The topological polar surface area (TPSA) is 93.5 Å². The maximum absolute atomic E-state index is 12.5. The molecular formula is C17H25N3O3. The van der Waals surface area contributed by atoms with Crippen molar-refractivity contribution in [3.05, 3.63) is 35.4 Å². The first-order chi connectivity index (χ1) is 11.1. The van der Waals surface area contributed by atoms with Crippen molar-refractivity contribution in [2.75, 3.05) is 33.4 Å². The lowest BCUT2D eigenvalue weighted by Gasteiger charge is -2.34. The highest BCUT2D eigenvalue weighted by Crippen LogP contribution is 2.29. The van der Waals surface area contributed by atoms with E-state index >= 15 is 0 Å². The van der Waals surface area contributed by atoms with Crippen LogP contribution in [0.25, 0.3) is 0 Å².